The number of carbonyl (C=O) groups excluding carboxylic acids is 1. The zero-order valence-corrected chi connectivity index (χ0v) is 12.3. The summed E-state index contributed by atoms with van der Waals surface area (Å²) in [6.45, 7) is 1.91. The van der Waals surface area contributed by atoms with Gasteiger partial charge in [0.2, 0.25) is 10.0 Å². The Morgan fingerprint density at radius 2 is 2.11 bits per heavy atom. The average molecular weight is 306 g/mol. The lowest BCUT2D eigenvalue weighted by molar-refractivity contribution is 0.0601. The van der Waals surface area contributed by atoms with E-state index in [1.54, 1.807) is 0 Å². The number of hydrogen-bond acceptors (Lipinski definition) is 4. The molecule has 19 heavy (non-hydrogen) atoms. The summed E-state index contributed by atoms with van der Waals surface area (Å²) in [7, 11) is -2.17. The van der Waals surface area contributed by atoms with Crippen molar-refractivity contribution in [1.29, 1.82) is 0 Å². The van der Waals surface area contributed by atoms with Crippen LogP contribution in [-0.4, -0.2) is 27.2 Å². The van der Waals surface area contributed by atoms with Crippen molar-refractivity contribution in [3.8, 4) is 0 Å². The Hall–Kier alpha value is -1.27. The molecule has 0 bridgehead atoms. The zero-order valence-electron chi connectivity index (χ0n) is 10.8. The molecule has 0 amide bonds. The first-order valence-corrected chi connectivity index (χ1v) is 7.81. The summed E-state index contributed by atoms with van der Waals surface area (Å²) >= 11 is 5.85. The summed E-state index contributed by atoms with van der Waals surface area (Å²) in [5.41, 5.74) is 0.417. The van der Waals surface area contributed by atoms with Crippen molar-refractivity contribution in [2.45, 2.75) is 19.8 Å². The second kappa shape index (κ2) is 6.77. The van der Waals surface area contributed by atoms with Crippen molar-refractivity contribution < 1.29 is 17.9 Å². The number of methoxy groups -OCH3 is 1. The van der Waals surface area contributed by atoms with Gasteiger partial charge in [-0.3, -0.25) is 4.72 Å². The molecule has 1 rings (SSSR count). The third kappa shape index (κ3) is 4.72. The number of sulfonamides is 1. The molecule has 0 atom stereocenters. The van der Waals surface area contributed by atoms with E-state index in [2.05, 4.69) is 9.46 Å². The van der Waals surface area contributed by atoms with Crippen LogP contribution in [0.2, 0.25) is 5.02 Å². The molecular formula is C12H16ClNO4S. The van der Waals surface area contributed by atoms with Crippen LogP contribution in [0.15, 0.2) is 18.2 Å². The Labute approximate surface area is 118 Å². The number of hydrogen-bond donors (Lipinski definition) is 1. The fraction of sp³-hybridized carbons (Fsp3) is 0.417. The minimum absolute atomic E-state index is 0.0414. The minimum Gasteiger partial charge on any atom is -0.465 e. The molecule has 0 spiro atoms. The predicted octanol–water partition coefficient (Wildman–Crippen LogP) is 2.67. The van der Waals surface area contributed by atoms with Crippen LogP contribution >= 0.6 is 11.6 Å². The molecule has 7 heteroatoms. The number of unbranched alkanes of at least 4 members (excludes halogenated alkanes) is 1. The van der Waals surface area contributed by atoms with Gasteiger partial charge in [-0.05, 0) is 24.6 Å². The lowest BCUT2D eigenvalue weighted by atomic mass is 10.2. The largest absolute Gasteiger partial charge is 0.465 e. The van der Waals surface area contributed by atoms with Crippen molar-refractivity contribution in [2.24, 2.45) is 0 Å². The average Bonchev–Trinajstić information content (AvgIpc) is 2.37. The van der Waals surface area contributed by atoms with Gasteiger partial charge < -0.3 is 4.74 Å². The topological polar surface area (TPSA) is 72.5 Å². The van der Waals surface area contributed by atoms with E-state index in [4.69, 9.17) is 11.6 Å². The molecule has 0 saturated heterocycles. The Morgan fingerprint density at radius 3 is 2.68 bits per heavy atom. The van der Waals surface area contributed by atoms with Crippen molar-refractivity contribution in [3.05, 3.63) is 28.8 Å². The Morgan fingerprint density at radius 1 is 1.42 bits per heavy atom. The van der Waals surface area contributed by atoms with Crippen LogP contribution in [0.5, 0.6) is 0 Å². The molecule has 0 aromatic heterocycles. The van der Waals surface area contributed by atoms with Crippen LogP contribution in [0.1, 0.15) is 30.1 Å². The maximum Gasteiger partial charge on any atom is 0.339 e. The SMILES string of the molecule is CCCCS(=O)(=O)Nc1ccc(Cl)c(C(=O)OC)c1. The van der Waals surface area contributed by atoms with Gasteiger partial charge >= 0.3 is 5.97 Å². The highest BCUT2D eigenvalue weighted by molar-refractivity contribution is 7.92. The van der Waals surface area contributed by atoms with E-state index in [9.17, 15) is 13.2 Å². The molecule has 0 radical (unpaired) electrons. The molecule has 0 aliphatic carbocycles. The summed E-state index contributed by atoms with van der Waals surface area (Å²) < 4.78 is 30.4. The van der Waals surface area contributed by atoms with Crippen LogP contribution in [0.4, 0.5) is 5.69 Å². The van der Waals surface area contributed by atoms with Crippen LogP contribution in [0.3, 0.4) is 0 Å². The number of anilines is 1. The van der Waals surface area contributed by atoms with Gasteiger partial charge in [-0.25, -0.2) is 13.2 Å². The standard InChI is InChI=1S/C12H16ClNO4S/c1-3-4-7-19(16,17)14-9-5-6-11(13)10(8-9)12(15)18-2/h5-6,8,14H,3-4,7H2,1-2H3. The van der Waals surface area contributed by atoms with E-state index in [0.717, 1.165) is 6.42 Å². The molecule has 5 nitrogen and oxygen atoms in total. The highest BCUT2D eigenvalue weighted by atomic mass is 35.5. The summed E-state index contributed by atoms with van der Waals surface area (Å²) in [6.07, 6.45) is 1.36. The number of nitrogens with one attached hydrogen (secondary N) is 1. The fourth-order valence-corrected chi connectivity index (χ4v) is 2.87. The van der Waals surface area contributed by atoms with Crippen LogP contribution < -0.4 is 4.72 Å². The van der Waals surface area contributed by atoms with Crippen molar-refractivity contribution in [3.63, 3.8) is 0 Å². The first kappa shape index (κ1) is 15.8. The van der Waals surface area contributed by atoms with Gasteiger partial charge in [0.25, 0.3) is 0 Å². The van der Waals surface area contributed by atoms with Gasteiger partial charge in [-0.1, -0.05) is 24.9 Å². The van der Waals surface area contributed by atoms with Crippen LogP contribution in [-0.2, 0) is 14.8 Å². The molecule has 1 aromatic carbocycles. The van der Waals surface area contributed by atoms with E-state index < -0.39 is 16.0 Å². The fourth-order valence-electron chi connectivity index (χ4n) is 1.42. The van der Waals surface area contributed by atoms with Gasteiger partial charge in [0.1, 0.15) is 0 Å². The smallest absolute Gasteiger partial charge is 0.339 e. The van der Waals surface area contributed by atoms with Crippen molar-refractivity contribution >= 4 is 33.3 Å². The third-order valence-electron chi connectivity index (χ3n) is 2.41. The molecule has 1 aromatic rings. The zero-order chi connectivity index (χ0) is 14.5. The number of esters is 1. The number of benzene rings is 1. The molecular weight excluding hydrogens is 290 g/mol. The van der Waals surface area contributed by atoms with Gasteiger partial charge in [0, 0.05) is 5.69 Å². The number of rotatable bonds is 6. The number of halogens is 1. The molecule has 106 valence electrons. The molecule has 0 heterocycles. The van der Waals surface area contributed by atoms with E-state index in [-0.39, 0.29) is 16.3 Å². The lowest BCUT2D eigenvalue weighted by Gasteiger charge is -2.09. The first-order chi connectivity index (χ1) is 8.89. The molecule has 0 unspecified atom stereocenters. The second-order valence-electron chi connectivity index (χ2n) is 3.96. The lowest BCUT2D eigenvalue weighted by Crippen LogP contribution is -2.17. The Balaban J connectivity index is 2.94. The summed E-state index contributed by atoms with van der Waals surface area (Å²) in [4.78, 5) is 11.4. The van der Waals surface area contributed by atoms with E-state index in [0.29, 0.717) is 12.1 Å². The molecule has 0 aliphatic rings. The van der Waals surface area contributed by atoms with Crippen molar-refractivity contribution in [2.75, 3.05) is 17.6 Å². The van der Waals surface area contributed by atoms with Gasteiger partial charge in [-0.2, -0.15) is 0 Å². The summed E-state index contributed by atoms with van der Waals surface area (Å²) in [5, 5.41) is 0.211. The normalized spacial score (nSPS) is 11.1. The predicted molar refractivity (Wildman–Crippen MR) is 75.1 cm³/mol. The highest BCUT2D eigenvalue weighted by Gasteiger charge is 2.14. The number of carbonyl (C=O) groups is 1. The number of ether oxygens (including phenoxy) is 1. The van der Waals surface area contributed by atoms with E-state index in [1.807, 2.05) is 6.92 Å². The van der Waals surface area contributed by atoms with E-state index >= 15 is 0 Å². The second-order valence-corrected chi connectivity index (χ2v) is 6.21. The molecule has 0 fully saturated rings. The molecule has 0 aliphatic heterocycles. The van der Waals surface area contributed by atoms with Gasteiger partial charge in [-0.15, -0.1) is 0 Å². The maximum absolute atomic E-state index is 11.7. The van der Waals surface area contributed by atoms with Gasteiger partial charge in [0.05, 0.1) is 23.4 Å². The highest BCUT2D eigenvalue weighted by Crippen LogP contribution is 2.22. The van der Waals surface area contributed by atoms with Crippen molar-refractivity contribution in [1.82, 2.24) is 0 Å². The monoisotopic (exact) mass is 305 g/mol. The summed E-state index contributed by atoms with van der Waals surface area (Å²) in [6, 6.07) is 4.31. The third-order valence-corrected chi connectivity index (χ3v) is 4.11. The molecule has 1 N–H and O–H groups in total. The van der Waals surface area contributed by atoms with Crippen LogP contribution in [0.25, 0.3) is 0 Å². The maximum atomic E-state index is 11.7. The first-order valence-electron chi connectivity index (χ1n) is 5.78. The Bertz CT molecular complexity index is 557. The van der Waals surface area contributed by atoms with Crippen LogP contribution in [0, 0.1) is 0 Å². The molecule has 0 saturated carbocycles. The van der Waals surface area contributed by atoms with Gasteiger partial charge in [0.15, 0.2) is 0 Å². The minimum atomic E-state index is -3.40. The Kier molecular flexibility index (Phi) is 5.62. The summed E-state index contributed by atoms with van der Waals surface area (Å²) in [5.74, 6) is -0.570. The quantitative estimate of drug-likeness (QED) is 0.820. The van der Waals surface area contributed by atoms with E-state index in [1.165, 1.54) is 25.3 Å².